The van der Waals surface area contributed by atoms with Crippen molar-refractivity contribution >= 4 is 11.9 Å². The van der Waals surface area contributed by atoms with Gasteiger partial charge in [0.2, 0.25) is 0 Å². The molecule has 1 aromatic carbocycles. The maximum Gasteiger partial charge on any atom is 0.410 e. The number of nitrogens with zero attached hydrogens (tertiary/aromatic N) is 2. The summed E-state index contributed by atoms with van der Waals surface area (Å²) in [4.78, 5) is 25.5. The smallest absolute Gasteiger partial charge is 0.410 e. The first-order valence-electron chi connectivity index (χ1n) is 7.09. The highest BCUT2D eigenvalue weighted by Gasteiger charge is 2.32. The summed E-state index contributed by atoms with van der Waals surface area (Å²) in [5.74, 6) is -0.200. The second-order valence-corrected chi connectivity index (χ2v) is 5.05. The number of Topliss-reactive ketones (excluding diaryl/α,β-unsaturated/α-hetero) is 1. The number of carbonyl (C=O) groups excluding carboxylic acids is 2. The molecule has 1 amide bonds. The van der Waals surface area contributed by atoms with Gasteiger partial charge in [-0.3, -0.25) is 9.69 Å². The van der Waals surface area contributed by atoms with Crippen LogP contribution in [-0.4, -0.2) is 29.4 Å². The lowest BCUT2D eigenvalue weighted by molar-refractivity contribution is -0.124. The Morgan fingerprint density at radius 3 is 2.76 bits per heavy atom. The van der Waals surface area contributed by atoms with Crippen molar-refractivity contribution in [2.24, 2.45) is 0 Å². The molecule has 1 aromatic rings. The van der Waals surface area contributed by atoms with Crippen LogP contribution in [0.2, 0.25) is 0 Å². The number of hydrogen-bond donors (Lipinski definition) is 0. The maximum absolute atomic E-state index is 12.2. The summed E-state index contributed by atoms with van der Waals surface area (Å²) < 4.78 is 5.28. The summed E-state index contributed by atoms with van der Waals surface area (Å²) in [7, 11) is 0. The summed E-state index contributed by atoms with van der Waals surface area (Å²) in [5.41, 5.74) is 0.905. The van der Waals surface area contributed by atoms with Crippen molar-refractivity contribution in [3.8, 4) is 6.07 Å². The van der Waals surface area contributed by atoms with E-state index in [0.717, 1.165) is 18.4 Å². The van der Waals surface area contributed by atoms with Crippen LogP contribution in [0.25, 0.3) is 0 Å². The summed E-state index contributed by atoms with van der Waals surface area (Å²) in [6.45, 7) is 0.699. The SMILES string of the molecule is N#CCC(=O)C1CCCCN1C(=O)OCc1ccccc1. The van der Waals surface area contributed by atoms with Gasteiger partial charge in [-0.05, 0) is 24.8 Å². The molecule has 0 radical (unpaired) electrons. The molecule has 5 heteroatoms. The average molecular weight is 286 g/mol. The lowest BCUT2D eigenvalue weighted by Gasteiger charge is -2.33. The number of likely N-dealkylation sites (tertiary alicyclic amines) is 1. The molecule has 0 aliphatic carbocycles. The number of nitriles is 1. The Labute approximate surface area is 124 Å². The van der Waals surface area contributed by atoms with Gasteiger partial charge in [0.1, 0.15) is 6.61 Å². The van der Waals surface area contributed by atoms with Crippen LogP contribution in [0.15, 0.2) is 30.3 Å². The monoisotopic (exact) mass is 286 g/mol. The van der Waals surface area contributed by atoms with E-state index in [1.54, 1.807) is 0 Å². The summed E-state index contributed by atoms with van der Waals surface area (Å²) in [6.07, 6.45) is 1.73. The largest absolute Gasteiger partial charge is 0.445 e. The average Bonchev–Trinajstić information content (AvgIpc) is 2.54. The topological polar surface area (TPSA) is 70.4 Å². The second kappa shape index (κ2) is 7.44. The van der Waals surface area contributed by atoms with Crippen molar-refractivity contribution in [2.45, 2.75) is 38.3 Å². The number of piperidine rings is 1. The van der Waals surface area contributed by atoms with E-state index in [-0.39, 0.29) is 18.8 Å². The second-order valence-electron chi connectivity index (χ2n) is 5.05. The van der Waals surface area contributed by atoms with Gasteiger partial charge in [0, 0.05) is 6.54 Å². The van der Waals surface area contributed by atoms with Crippen molar-refractivity contribution in [3.63, 3.8) is 0 Å². The van der Waals surface area contributed by atoms with Crippen LogP contribution < -0.4 is 0 Å². The predicted octanol–water partition coefficient (Wildman–Crippen LogP) is 2.66. The Hall–Kier alpha value is -2.35. The molecule has 21 heavy (non-hydrogen) atoms. The molecule has 2 rings (SSSR count). The van der Waals surface area contributed by atoms with Gasteiger partial charge in [-0.2, -0.15) is 5.26 Å². The van der Waals surface area contributed by atoms with Gasteiger partial charge in [-0.1, -0.05) is 30.3 Å². The van der Waals surface area contributed by atoms with E-state index in [4.69, 9.17) is 10.00 Å². The van der Waals surface area contributed by atoms with E-state index in [1.807, 2.05) is 36.4 Å². The van der Waals surface area contributed by atoms with Crippen LogP contribution >= 0.6 is 0 Å². The Bertz CT molecular complexity index is 536. The Kier molecular flexibility index (Phi) is 5.33. The predicted molar refractivity (Wildman–Crippen MR) is 76.2 cm³/mol. The molecule has 1 atom stereocenters. The van der Waals surface area contributed by atoms with E-state index in [1.165, 1.54) is 4.90 Å². The van der Waals surface area contributed by atoms with Crippen LogP contribution in [0.4, 0.5) is 4.79 Å². The molecule has 1 aliphatic rings. The molecule has 110 valence electrons. The first kappa shape index (κ1) is 15.0. The Morgan fingerprint density at radius 1 is 1.29 bits per heavy atom. The van der Waals surface area contributed by atoms with Gasteiger partial charge >= 0.3 is 6.09 Å². The minimum absolute atomic E-state index is 0.160. The van der Waals surface area contributed by atoms with E-state index >= 15 is 0 Å². The summed E-state index contributed by atoms with van der Waals surface area (Å²) >= 11 is 0. The molecule has 1 fully saturated rings. The fraction of sp³-hybridized carbons (Fsp3) is 0.438. The molecule has 5 nitrogen and oxygen atoms in total. The van der Waals surface area contributed by atoms with Gasteiger partial charge < -0.3 is 4.74 Å². The highest BCUT2D eigenvalue weighted by Crippen LogP contribution is 2.20. The summed E-state index contributed by atoms with van der Waals surface area (Å²) in [6, 6.07) is 10.7. The van der Waals surface area contributed by atoms with Crippen molar-refractivity contribution in [1.29, 1.82) is 5.26 Å². The zero-order valence-corrected chi connectivity index (χ0v) is 11.8. The number of hydrogen-bond acceptors (Lipinski definition) is 4. The molecule has 0 bridgehead atoms. The van der Waals surface area contributed by atoms with E-state index in [0.29, 0.717) is 13.0 Å². The fourth-order valence-electron chi connectivity index (χ4n) is 2.48. The Balaban J connectivity index is 1.95. The zero-order valence-electron chi connectivity index (χ0n) is 11.8. The molecule has 1 unspecified atom stereocenters. The molecule has 0 spiro atoms. The van der Waals surface area contributed by atoms with E-state index in [2.05, 4.69) is 0 Å². The fourth-order valence-corrected chi connectivity index (χ4v) is 2.48. The minimum atomic E-state index is -0.512. The highest BCUT2D eigenvalue weighted by atomic mass is 16.6. The molecule has 0 N–H and O–H groups in total. The van der Waals surface area contributed by atoms with Crippen molar-refractivity contribution in [3.05, 3.63) is 35.9 Å². The third kappa shape index (κ3) is 4.06. The number of rotatable bonds is 4. The lowest BCUT2D eigenvalue weighted by Crippen LogP contribution is -2.48. The van der Waals surface area contributed by atoms with Gasteiger partial charge in [0.25, 0.3) is 0 Å². The number of ketones is 1. The lowest BCUT2D eigenvalue weighted by atomic mass is 9.97. The molecular weight excluding hydrogens is 268 g/mol. The van der Waals surface area contributed by atoms with Crippen LogP contribution in [0.3, 0.4) is 0 Å². The normalized spacial score (nSPS) is 17.9. The number of ether oxygens (including phenoxy) is 1. The number of amides is 1. The van der Waals surface area contributed by atoms with E-state index < -0.39 is 12.1 Å². The van der Waals surface area contributed by atoms with Crippen molar-refractivity contribution in [1.82, 2.24) is 4.90 Å². The van der Waals surface area contributed by atoms with Gasteiger partial charge in [-0.25, -0.2) is 4.79 Å². The quantitative estimate of drug-likeness (QED) is 0.853. The van der Waals surface area contributed by atoms with Crippen molar-refractivity contribution < 1.29 is 14.3 Å². The number of carbonyl (C=O) groups is 2. The zero-order chi connectivity index (χ0) is 15.1. The molecule has 1 heterocycles. The first-order valence-corrected chi connectivity index (χ1v) is 7.09. The van der Waals surface area contributed by atoms with Crippen LogP contribution in [0, 0.1) is 11.3 Å². The standard InChI is InChI=1S/C16H18N2O3/c17-10-9-15(19)14-8-4-5-11-18(14)16(20)21-12-13-6-2-1-3-7-13/h1-3,6-7,14H,4-5,8-9,11-12H2. The minimum Gasteiger partial charge on any atom is -0.445 e. The number of benzene rings is 1. The molecule has 0 aromatic heterocycles. The third-order valence-corrected chi connectivity index (χ3v) is 3.57. The van der Waals surface area contributed by atoms with E-state index in [9.17, 15) is 9.59 Å². The molecule has 1 aliphatic heterocycles. The van der Waals surface area contributed by atoms with Crippen LogP contribution in [0.5, 0.6) is 0 Å². The van der Waals surface area contributed by atoms with Gasteiger partial charge in [0.15, 0.2) is 5.78 Å². The van der Waals surface area contributed by atoms with Crippen molar-refractivity contribution in [2.75, 3.05) is 6.54 Å². The Morgan fingerprint density at radius 2 is 2.05 bits per heavy atom. The van der Waals surface area contributed by atoms with Gasteiger partial charge in [-0.15, -0.1) is 0 Å². The van der Waals surface area contributed by atoms with Gasteiger partial charge in [0.05, 0.1) is 18.5 Å². The van der Waals surface area contributed by atoms with Crippen LogP contribution in [-0.2, 0) is 16.1 Å². The molecular formula is C16H18N2O3. The highest BCUT2D eigenvalue weighted by molar-refractivity contribution is 5.88. The maximum atomic E-state index is 12.2. The first-order chi connectivity index (χ1) is 10.2. The summed E-state index contributed by atoms with van der Waals surface area (Å²) in [5, 5.41) is 8.64. The molecule has 1 saturated heterocycles. The van der Waals surface area contributed by atoms with Crippen LogP contribution in [0.1, 0.15) is 31.2 Å². The molecule has 0 saturated carbocycles. The third-order valence-electron chi connectivity index (χ3n) is 3.57.